The van der Waals surface area contributed by atoms with Crippen LogP contribution >= 0.6 is 0 Å². The minimum atomic E-state index is -0.583. The Morgan fingerprint density at radius 3 is 2.58 bits per heavy atom. The van der Waals surface area contributed by atoms with Crippen LogP contribution in [0.15, 0.2) is 85.1 Å². The predicted octanol–water partition coefficient (Wildman–Crippen LogP) is 4.91. The van der Waals surface area contributed by atoms with Crippen molar-refractivity contribution in [1.29, 1.82) is 0 Å². The number of nitrogens with zero attached hydrogens (tertiary/aromatic N) is 2. The van der Waals surface area contributed by atoms with Gasteiger partial charge >= 0.3 is 0 Å². The number of aromatic nitrogens is 1. The molecule has 0 saturated carbocycles. The molecule has 0 aliphatic carbocycles. The van der Waals surface area contributed by atoms with E-state index >= 15 is 0 Å². The van der Waals surface area contributed by atoms with Gasteiger partial charge < -0.3 is 9.84 Å². The number of pyridine rings is 1. The van der Waals surface area contributed by atoms with E-state index in [1.165, 1.54) is 11.1 Å². The normalized spacial score (nSPS) is 14.9. The van der Waals surface area contributed by atoms with Crippen LogP contribution in [0.4, 0.5) is 0 Å². The van der Waals surface area contributed by atoms with E-state index in [2.05, 4.69) is 34.1 Å². The van der Waals surface area contributed by atoms with Crippen LogP contribution in [0, 0.1) is 0 Å². The second-order valence-electron chi connectivity index (χ2n) is 8.10. The summed E-state index contributed by atoms with van der Waals surface area (Å²) in [6.07, 6.45) is 2.22. The fraction of sp³-hybridized carbons (Fsp3) is 0.222. The molecular weight excluding hydrogens is 384 g/mol. The number of fused-ring (bicyclic) bond motifs is 2. The third-order valence-electron chi connectivity index (χ3n) is 6.00. The molecule has 0 saturated heterocycles. The second kappa shape index (κ2) is 8.88. The number of benzene rings is 3. The number of ether oxygens (including phenoxy) is 1. The topological polar surface area (TPSA) is 45.6 Å². The maximum Gasteiger partial charge on any atom is 0.146 e. The molecule has 0 fully saturated rings. The van der Waals surface area contributed by atoms with Gasteiger partial charge in [0, 0.05) is 31.2 Å². The lowest BCUT2D eigenvalue weighted by Crippen LogP contribution is -2.34. The Balaban J connectivity index is 1.35. The summed E-state index contributed by atoms with van der Waals surface area (Å²) in [5.41, 5.74) is 5.58. The van der Waals surface area contributed by atoms with Gasteiger partial charge in [0.2, 0.25) is 0 Å². The summed E-state index contributed by atoms with van der Waals surface area (Å²) in [6.45, 7) is 2.92. The van der Waals surface area contributed by atoms with Crippen LogP contribution in [0.3, 0.4) is 0 Å². The molecule has 1 N–H and O–H groups in total. The van der Waals surface area contributed by atoms with E-state index in [0.717, 1.165) is 47.3 Å². The average Bonchev–Trinajstić information content (AvgIpc) is 2.83. The molecular formula is C27H26N2O2. The predicted molar refractivity (Wildman–Crippen MR) is 123 cm³/mol. The lowest BCUT2D eigenvalue weighted by Gasteiger charge is -2.30. The fourth-order valence-electron chi connectivity index (χ4n) is 4.36. The number of β-amino-alcohol motifs (C(OH)–C–C–N with tert-alkyl or cyclic N) is 1. The van der Waals surface area contributed by atoms with Crippen molar-refractivity contribution in [2.45, 2.75) is 25.7 Å². The molecule has 31 heavy (non-hydrogen) atoms. The quantitative estimate of drug-likeness (QED) is 0.491. The minimum absolute atomic E-state index is 0.488. The number of hydrogen-bond acceptors (Lipinski definition) is 4. The van der Waals surface area contributed by atoms with Crippen LogP contribution in [-0.2, 0) is 19.6 Å². The monoisotopic (exact) mass is 410 g/mol. The molecule has 5 rings (SSSR count). The van der Waals surface area contributed by atoms with Gasteiger partial charge in [-0.15, -0.1) is 0 Å². The van der Waals surface area contributed by atoms with E-state index in [0.29, 0.717) is 13.2 Å². The molecule has 1 aliphatic rings. The summed E-state index contributed by atoms with van der Waals surface area (Å²) in [6, 6.07) is 26.5. The van der Waals surface area contributed by atoms with Crippen molar-refractivity contribution >= 4 is 10.9 Å². The maximum atomic E-state index is 11.1. The maximum absolute atomic E-state index is 11.1. The third-order valence-corrected chi connectivity index (χ3v) is 6.00. The van der Waals surface area contributed by atoms with Gasteiger partial charge in [-0.25, -0.2) is 0 Å². The Morgan fingerprint density at radius 1 is 0.903 bits per heavy atom. The van der Waals surface area contributed by atoms with Crippen molar-refractivity contribution in [2.24, 2.45) is 0 Å². The first-order valence-electron chi connectivity index (χ1n) is 10.8. The smallest absolute Gasteiger partial charge is 0.146 e. The molecule has 0 bridgehead atoms. The molecule has 4 heteroatoms. The molecule has 2 heterocycles. The summed E-state index contributed by atoms with van der Waals surface area (Å²) in [7, 11) is 0. The van der Waals surface area contributed by atoms with Gasteiger partial charge in [0.05, 0.1) is 6.10 Å². The zero-order chi connectivity index (χ0) is 21.0. The van der Waals surface area contributed by atoms with E-state index in [4.69, 9.17) is 4.74 Å². The standard InChI is InChI=1S/C27H26N2O2/c30-25(18-29-16-14-21-9-4-5-10-22(21)17-29)23-12-13-26(27-24(23)11-6-15-28-27)31-19-20-7-2-1-3-8-20/h1-13,15,25,30H,14,16-19H2/t25-/m0/s1. The molecule has 4 aromatic rings. The zero-order valence-corrected chi connectivity index (χ0v) is 17.4. The molecule has 1 aromatic heterocycles. The molecule has 156 valence electrons. The van der Waals surface area contributed by atoms with Gasteiger partial charge in [0.15, 0.2) is 0 Å². The highest BCUT2D eigenvalue weighted by molar-refractivity contribution is 5.87. The van der Waals surface area contributed by atoms with E-state index < -0.39 is 6.10 Å². The molecule has 1 aliphatic heterocycles. The fourth-order valence-corrected chi connectivity index (χ4v) is 4.36. The Morgan fingerprint density at radius 2 is 1.71 bits per heavy atom. The van der Waals surface area contributed by atoms with Gasteiger partial charge in [0.1, 0.15) is 17.9 Å². The first-order chi connectivity index (χ1) is 15.3. The van der Waals surface area contributed by atoms with E-state index in [9.17, 15) is 5.11 Å². The van der Waals surface area contributed by atoms with Crippen molar-refractivity contribution in [3.05, 3.63) is 107 Å². The zero-order valence-electron chi connectivity index (χ0n) is 17.4. The van der Waals surface area contributed by atoms with Crippen molar-refractivity contribution in [3.8, 4) is 5.75 Å². The van der Waals surface area contributed by atoms with E-state index in [1.807, 2.05) is 54.6 Å². The average molecular weight is 411 g/mol. The first kappa shape index (κ1) is 19.7. The van der Waals surface area contributed by atoms with Crippen molar-refractivity contribution < 1.29 is 9.84 Å². The summed E-state index contributed by atoms with van der Waals surface area (Å²) < 4.78 is 6.07. The molecule has 0 amide bonds. The largest absolute Gasteiger partial charge is 0.487 e. The summed E-state index contributed by atoms with van der Waals surface area (Å²) in [5.74, 6) is 0.738. The molecule has 0 spiro atoms. The van der Waals surface area contributed by atoms with Crippen molar-refractivity contribution in [3.63, 3.8) is 0 Å². The third kappa shape index (κ3) is 4.31. The molecule has 1 atom stereocenters. The Labute approximate surface area is 182 Å². The molecule has 4 nitrogen and oxygen atoms in total. The van der Waals surface area contributed by atoms with Crippen LogP contribution in [0.2, 0.25) is 0 Å². The first-order valence-corrected chi connectivity index (χ1v) is 10.8. The van der Waals surface area contributed by atoms with Gasteiger partial charge in [-0.05, 0) is 40.8 Å². The van der Waals surface area contributed by atoms with Crippen molar-refractivity contribution in [2.75, 3.05) is 13.1 Å². The molecule has 0 radical (unpaired) electrons. The van der Waals surface area contributed by atoms with Gasteiger partial charge in [-0.2, -0.15) is 0 Å². The Hall–Kier alpha value is -3.21. The second-order valence-corrected chi connectivity index (χ2v) is 8.10. The van der Waals surface area contributed by atoms with Crippen LogP contribution in [0.1, 0.15) is 28.4 Å². The van der Waals surface area contributed by atoms with Gasteiger partial charge in [0.25, 0.3) is 0 Å². The number of rotatable bonds is 6. The van der Waals surface area contributed by atoms with E-state index in [1.54, 1.807) is 6.20 Å². The lowest BCUT2D eigenvalue weighted by molar-refractivity contribution is 0.107. The SMILES string of the molecule is O[C@@H](CN1CCc2ccccc2C1)c1ccc(OCc2ccccc2)c2ncccc12. The highest BCUT2D eigenvalue weighted by Gasteiger charge is 2.21. The highest BCUT2D eigenvalue weighted by Crippen LogP contribution is 2.32. The molecule has 0 unspecified atom stereocenters. The van der Waals surface area contributed by atoms with E-state index in [-0.39, 0.29) is 0 Å². The Bertz CT molecular complexity index is 1180. The highest BCUT2D eigenvalue weighted by atomic mass is 16.5. The lowest BCUT2D eigenvalue weighted by atomic mass is 9.98. The summed E-state index contributed by atoms with van der Waals surface area (Å²) in [5, 5.41) is 12.0. The van der Waals surface area contributed by atoms with Crippen LogP contribution in [0.25, 0.3) is 10.9 Å². The van der Waals surface area contributed by atoms with Crippen LogP contribution in [-0.4, -0.2) is 28.1 Å². The van der Waals surface area contributed by atoms with Gasteiger partial charge in [-0.3, -0.25) is 9.88 Å². The van der Waals surface area contributed by atoms with Gasteiger partial charge in [-0.1, -0.05) is 66.7 Å². The number of aliphatic hydroxyl groups excluding tert-OH is 1. The van der Waals surface area contributed by atoms with Crippen LogP contribution in [0.5, 0.6) is 5.75 Å². The number of aliphatic hydroxyl groups is 1. The molecule has 3 aromatic carbocycles. The minimum Gasteiger partial charge on any atom is -0.487 e. The number of hydrogen-bond donors (Lipinski definition) is 1. The van der Waals surface area contributed by atoms with Crippen molar-refractivity contribution in [1.82, 2.24) is 9.88 Å². The van der Waals surface area contributed by atoms with Crippen LogP contribution < -0.4 is 4.74 Å². The Kier molecular flexibility index (Phi) is 5.65. The summed E-state index contributed by atoms with van der Waals surface area (Å²) in [4.78, 5) is 6.89. The summed E-state index contributed by atoms with van der Waals surface area (Å²) >= 11 is 0.